The predicted octanol–water partition coefficient (Wildman–Crippen LogP) is 2.96. The van der Waals surface area contributed by atoms with Crippen LogP contribution >= 0.6 is 11.8 Å². The monoisotopic (exact) mass is 254 g/mol. The highest BCUT2D eigenvalue weighted by molar-refractivity contribution is 8.00. The molecule has 0 aromatic carbocycles. The smallest absolute Gasteiger partial charge is 0.414 e. The first-order valence-corrected chi connectivity index (χ1v) is 5.59. The SMILES string of the molecule is C=CCOC(=O)C(CC=C)(SC)C(F)(F)F. The molecule has 6 heteroatoms. The van der Waals surface area contributed by atoms with Crippen molar-refractivity contribution >= 4 is 17.7 Å². The van der Waals surface area contributed by atoms with Crippen molar-refractivity contribution in [2.45, 2.75) is 17.3 Å². The van der Waals surface area contributed by atoms with Gasteiger partial charge in [-0.15, -0.1) is 18.3 Å². The van der Waals surface area contributed by atoms with E-state index in [1.807, 2.05) is 0 Å². The van der Waals surface area contributed by atoms with Gasteiger partial charge in [0.2, 0.25) is 4.75 Å². The number of esters is 1. The Morgan fingerprint density at radius 3 is 2.25 bits per heavy atom. The van der Waals surface area contributed by atoms with Crippen LogP contribution in [-0.2, 0) is 9.53 Å². The van der Waals surface area contributed by atoms with Crippen LogP contribution in [0.2, 0.25) is 0 Å². The molecule has 1 atom stereocenters. The number of ether oxygens (including phenoxy) is 1. The van der Waals surface area contributed by atoms with Gasteiger partial charge < -0.3 is 4.74 Å². The van der Waals surface area contributed by atoms with E-state index < -0.39 is 23.3 Å². The molecule has 0 spiro atoms. The minimum absolute atomic E-state index is 0.242. The molecular formula is C10H13F3O2S. The lowest BCUT2D eigenvalue weighted by atomic mass is 10.0. The van der Waals surface area contributed by atoms with E-state index in [0.717, 1.165) is 6.08 Å². The molecule has 0 aromatic rings. The Morgan fingerprint density at radius 2 is 1.94 bits per heavy atom. The molecule has 0 aliphatic rings. The third-order valence-electron chi connectivity index (χ3n) is 1.90. The van der Waals surface area contributed by atoms with Crippen molar-refractivity contribution in [2.24, 2.45) is 0 Å². The van der Waals surface area contributed by atoms with Gasteiger partial charge in [0.1, 0.15) is 6.61 Å². The number of hydrogen-bond acceptors (Lipinski definition) is 3. The van der Waals surface area contributed by atoms with Gasteiger partial charge in [0, 0.05) is 0 Å². The Labute approximate surface area is 96.5 Å². The molecule has 2 nitrogen and oxygen atoms in total. The maximum Gasteiger partial charge on any atom is 0.414 e. The lowest BCUT2D eigenvalue weighted by molar-refractivity contribution is -0.185. The molecule has 0 aromatic heterocycles. The summed E-state index contributed by atoms with van der Waals surface area (Å²) in [5.41, 5.74) is 0. The number of allylic oxidation sites excluding steroid dienone is 1. The summed E-state index contributed by atoms with van der Waals surface area (Å²) in [6, 6.07) is 0. The first-order valence-electron chi connectivity index (χ1n) is 4.36. The van der Waals surface area contributed by atoms with Gasteiger partial charge in [0.05, 0.1) is 0 Å². The Bertz CT molecular complexity index is 276. The molecule has 0 bridgehead atoms. The summed E-state index contributed by atoms with van der Waals surface area (Å²) in [7, 11) is 0. The lowest BCUT2D eigenvalue weighted by Crippen LogP contribution is -2.49. The molecule has 0 rings (SSSR count). The average Bonchev–Trinajstić information content (AvgIpc) is 2.20. The first-order chi connectivity index (χ1) is 7.35. The van der Waals surface area contributed by atoms with Crippen LogP contribution in [0.5, 0.6) is 0 Å². The quantitative estimate of drug-likeness (QED) is 0.538. The third-order valence-corrected chi connectivity index (χ3v) is 3.16. The number of carbonyl (C=O) groups is 1. The number of hydrogen-bond donors (Lipinski definition) is 0. The molecular weight excluding hydrogens is 241 g/mol. The molecule has 92 valence electrons. The van der Waals surface area contributed by atoms with E-state index in [-0.39, 0.29) is 6.61 Å². The predicted molar refractivity (Wildman–Crippen MR) is 58.3 cm³/mol. The number of carbonyl (C=O) groups excluding carboxylic acids is 1. The van der Waals surface area contributed by atoms with E-state index >= 15 is 0 Å². The van der Waals surface area contributed by atoms with E-state index in [1.165, 1.54) is 12.3 Å². The maximum absolute atomic E-state index is 12.8. The minimum Gasteiger partial charge on any atom is -0.460 e. The number of halogens is 3. The Morgan fingerprint density at radius 1 is 1.38 bits per heavy atom. The van der Waals surface area contributed by atoms with Gasteiger partial charge in [-0.2, -0.15) is 13.2 Å². The average molecular weight is 254 g/mol. The van der Waals surface area contributed by atoms with Gasteiger partial charge in [0.25, 0.3) is 0 Å². The Hall–Kier alpha value is -0.910. The minimum atomic E-state index is -4.68. The van der Waals surface area contributed by atoms with Gasteiger partial charge in [0.15, 0.2) is 0 Å². The topological polar surface area (TPSA) is 26.3 Å². The normalized spacial score (nSPS) is 15.0. The summed E-state index contributed by atoms with van der Waals surface area (Å²) in [4.78, 5) is 11.4. The van der Waals surface area contributed by atoms with Crippen LogP contribution in [0.15, 0.2) is 25.3 Å². The zero-order valence-corrected chi connectivity index (χ0v) is 9.66. The van der Waals surface area contributed by atoms with Gasteiger partial charge in [-0.05, 0) is 12.7 Å². The van der Waals surface area contributed by atoms with E-state index in [0.29, 0.717) is 11.8 Å². The van der Waals surface area contributed by atoms with Gasteiger partial charge in [-0.25, -0.2) is 0 Å². The van der Waals surface area contributed by atoms with Crippen molar-refractivity contribution in [3.63, 3.8) is 0 Å². The van der Waals surface area contributed by atoms with Crippen molar-refractivity contribution in [3.8, 4) is 0 Å². The summed E-state index contributed by atoms with van der Waals surface area (Å²) in [5, 5.41) is 0. The van der Waals surface area contributed by atoms with Crippen molar-refractivity contribution in [2.75, 3.05) is 12.9 Å². The second-order valence-corrected chi connectivity index (χ2v) is 4.01. The zero-order valence-electron chi connectivity index (χ0n) is 8.84. The van der Waals surface area contributed by atoms with Crippen molar-refractivity contribution in [3.05, 3.63) is 25.3 Å². The molecule has 1 unspecified atom stereocenters. The summed E-state index contributed by atoms with van der Waals surface area (Å²) < 4.78 is 40.4. The fraction of sp³-hybridized carbons (Fsp3) is 0.500. The van der Waals surface area contributed by atoms with Gasteiger partial charge in [-0.1, -0.05) is 18.7 Å². The molecule has 0 aliphatic carbocycles. The highest BCUT2D eigenvalue weighted by Crippen LogP contribution is 2.44. The van der Waals surface area contributed by atoms with Crippen LogP contribution in [0, 0.1) is 0 Å². The van der Waals surface area contributed by atoms with E-state index in [4.69, 9.17) is 0 Å². The van der Waals surface area contributed by atoms with E-state index in [1.54, 1.807) is 0 Å². The van der Waals surface area contributed by atoms with Crippen LogP contribution in [0.1, 0.15) is 6.42 Å². The van der Waals surface area contributed by atoms with Crippen LogP contribution in [0.4, 0.5) is 13.2 Å². The highest BCUT2D eigenvalue weighted by Gasteiger charge is 2.60. The molecule has 0 radical (unpaired) electrons. The zero-order chi connectivity index (χ0) is 12.8. The van der Waals surface area contributed by atoms with E-state index in [9.17, 15) is 18.0 Å². The molecule has 0 saturated heterocycles. The van der Waals surface area contributed by atoms with Crippen molar-refractivity contribution in [1.82, 2.24) is 0 Å². The Kier molecular flexibility index (Phi) is 5.64. The molecule has 0 aliphatic heterocycles. The summed E-state index contributed by atoms with van der Waals surface area (Å²) in [6.07, 6.45) is -1.72. The van der Waals surface area contributed by atoms with Gasteiger partial charge in [-0.3, -0.25) is 4.79 Å². The molecule has 0 saturated carbocycles. The number of rotatable bonds is 6. The molecule has 0 fully saturated rings. The number of alkyl halides is 3. The van der Waals surface area contributed by atoms with Crippen molar-refractivity contribution in [1.29, 1.82) is 0 Å². The van der Waals surface area contributed by atoms with Crippen LogP contribution in [-0.4, -0.2) is 29.8 Å². The molecule has 0 N–H and O–H groups in total. The standard InChI is InChI=1S/C10H13F3O2S/c1-4-6-9(16-3,10(11,12)13)8(14)15-7-5-2/h4-5H,1-2,6-7H2,3H3. The fourth-order valence-electron chi connectivity index (χ4n) is 1.05. The van der Waals surface area contributed by atoms with Crippen LogP contribution < -0.4 is 0 Å². The third kappa shape index (κ3) is 3.04. The molecule has 0 amide bonds. The second-order valence-electron chi connectivity index (χ2n) is 2.91. The highest BCUT2D eigenvalue weighted by atomic mass is 32.2. The lowest BCUT2D eigenvalue weighted by Gasteiger charge is -2.30. The Balaban J connectivity index is 5.10. The van der Waals surface area contributed by atoms with Crippen LogP contribution in [0.25, 0.3) is 0 Å². The summed E-state index contributed by atoms with van der Waals surface area (Å²) in [6.45, 7) is 6.25. The first kappa shape index (κ1) is 15.1. The maximum atomic E-state index is 12.8. The molecule has 16 heavy (non-hydrogen) atoms. The van der Waals surface area contributed by atoms with Gasteiger partial charge >= 0.3 is 12.1 Å². The second kappa shape index (κ2) is 5.98. The van der Waals surface area contributed by atoms with E-state index in [2.05, 4.69) is 17.9 Å². The summed E-state index contributed by atoms with van der Waals surface area (Å²) >= 11 is 0.402. The van der Waals surface area contributed by atoms with Crippen molar-refractivity contribution < 1.29 is 22.7 Å². The van der Waals surface area contributed by atoms with Crippen LogP contribution in [0.3, 0.4) is 0 Å². The molecule has 0 heterocycles. The number of thioether (sulfide) groups is 1. The summed E-state index contributed by atoms with van der Waals surface area (Å²) in [5.74, 6) is -1.31. The largest absolute Gasteiger partial charge is 0.460 e. The fourth-order valence-corrected chi connectivity index (χ4v) is 1.79.